The van der Waals surface area contributed by atoms with Gasteiger partial charge in [0.1, 0.15) is 12.0 Å². The van der Waals surface area contributed by atoms with Crippen LogP contribution >= 0.6 is 0 Å². The van der Waals surface area contributed by atoms with Crippen LogP contribution in [-0.2, 0) is 0 Å². The Hall–Kier alpha value is -2.71. The van der Waals surface area contributed by atoms with Gasteiger partial charge < -0.3 is 20.7 Å². The van der Waals surface area contributed by atoms with Crippen molar-refractivity contribution in [3.63, 3.8) is 0 Å². The Balaban J connectivity index is 1.67. The van der Waals surface area contributed by atoms with Gasteiger partial charge in [0.15, 0.2) is 0 Å². The number of fused-ring (bicyclic) bond motifs is 1. The third kappa shape index (κ3) is 2.90. The molecule has 0 spiro atoms. The molecule has 2 aromatic rings. The molecule has 3 heterocycles. The second-order valence-electron chi connectivity index (χ2n) is 6.15. The lowest BCUT2D eigenvalue weighted by Gasteiger charge is -2.27. The summed E-state index contributed by atoms with van der Waals surface area (Å²) in [6, 6.07) is 6.34. The summed E-state index contributed by atoms with van der Waals surface area (Å²) in [6.07, 6.45) is 3.43. The van der Waals surface area contributed by atoms with Crippen LogP contribution in [0, 0.1) is 5.82 Å². The number of nitrogens with zero attached hydrogens (tertiary/aromatic N) is 2. The highest BCUT2D eigenvalue weighted by molar-refractivity contribution is 5.94. The zero-order valence-corrected chi connectivity index (χ0v) is 13.4. The van der Waals surface area contributed by atoms with Crippen molar-refractivity contribution in [2.45, 2.75) is 18.6 Å². The number of anilines is 2. The minimum atomic E-state index is -1.04. The number of pyridine rings is 1. The Morgan fingerprint density at radius 2 is 2.28 bits per heavy atom. The van der Waals surface area contributed by atoms with Gasteiger partial charge in [0.05, 0.1) is 29.2 Å². The smallest absolute Gasteiger partial charge is 0.337 e. The van der Waals surface area contributed by atoms with Gasteiger partial charge in [0.25, 0.3) is 0 Å². The number of hydrogen-bond donors (Lipinski definition) is 4. The van der Waals surface area contributed by atoms with Crippen LogP contribution < -0.4 is 21.1 Å². The molecule has 0 bridgehead atoms. The molecule has 0 saturated carbocycles. The maximum atomic E-state index is 13.8. The van der Waals surface area contributed by atoms with E-state index in [-0.39, 0.29) is 17.4 Å². The van der Waals surface area contributed by atoms with Crippen molar-refractivity contribution in [1.82, 2.24) is 15.7 Å². The van der Waals surface area contributed by atoms with E-state index in [4.69, 9.17) is 0 Å². The normalized spacial score (nSPS) is 22.0. The number of carbonyl (C=O) groups is 1. The number of nitrogens with one attached hydrogen (secondary N) is 3. The number of carboxylic acids is 1. The zero-order chi connectivity index (χ0) is 17.4. The maximum absolute atomic E-state index is 13.8. The SMILES string of the molecule is O=C(O)c1ccncc1NC1NN([C@H]2CCNC2)c2ccc(F)cc21. The van der Waals surface area contributed by atoms with Crippen molar-refractivity contribution in [1.29, 1.82) is 0 Å². The minimum Gasteiger partial charge on any atom is -0.478 e. The molecule has 0 amide bonds. The molecule has 0 aliphatic carbocycles. The molecule has 2 atom stereocenters. The van der Waals surface area contributed by atoms with Gasteiger partial charge >= 0.3 is 5.97 Å². The summed E-state index contributed by atoms with van der Waals surface area (Å²) in [5, 5.41) is 17.8. The molecule has 1 aromatic carbocycles. The summed E-state index contributed by atoms with van der Waals surface area (Å²) in [5.74, 6) is -1.37. The summed E-state index contributed by atoms with van der Waals surface area (Å²) < 4.78 is 13.8. The van der Waals surface area contributed by atoms with Crippen LogP contribution in [0.3, 0.4) is 0 Å². The van der Waals surface area contributed by atoms with Crippen molar-refractivity contribution in [3.05, 3.63) is 53.6 Å². The van der Waals surface area contributed by atoms with Gasteiger partial charge in [-0.15, -0.1) is 0 Å². The first-order chi connectivity index (χ1) is 12.1. The van der Waals surface area contributed by atoms with Gasteiger partial charge in [-0.3, -0.25) is 4.98 Å². The van der Waals surface area contributed by atoms with Crippen molar-refractivity contribution >= 4 is 17.3 Å². The van der Waals surface area contributed by atoms with Gasteiger partial charge in [-0.25, -0.2) is 14.6 Å². The predicted octanol–water partition coefficient (Wildman–Crippen LogP) is 1.72. The van der Waals surface area contributed by atoms with Crippen LogP contribution in [0.4, 0.5) is 15.8 Å². The average molecular weight is 343 g/mol. The second kappa shape index (κ2) is 6.30. The third-order valence-corrected chi connectivity index (χ3v) is 4.58. The first-order valence-corrected chi connectivity index (χ1v) is 8.13. The number of aromatic nitrogens is 1. The van der Waals surface area contributed by atoms with Gasteiger partial charge in [0.2, 0.25) is 0 Å². The Kier molecular flexibility index (Phi) is 3.98. The van der Waals surface area contributed by atoms with E-state index in [2.05, 4.69) is 21.0 Å². The van der Waals surface area contributed by atoms with Crippen LogP contribution in [-0.4, -0.2) is 35.2 Å². The molecule has 4 rings (SSSR count). The molecule has 1 fully saturated rings. The fourth-order valence-electron chi connectivity index (χ4n) is 3.38. The van der Waals surface area contributed by atoms with Crippen LogP contribution in [0.5, 0.6) is 0 Å². The van der Waals surface area contributed by atoms with Crippen LogP contribution in [0.2, 0.25) is 0 Å². The molecular formula is C17H18FN5O2. The fourth-order valence-corrected chi connectivity index (χ4v) is 3.38. The topological polar surface area (TPSA) is 89.5 Å². The molecule has 130 valence electrons. The highest BCUT2D eigenvalue weighted by Gasteiger charge is 2.34. The summed E-state index contributed by atoms with van der Waals surface area (Å²) in [4.78, 5) is 15.4. The molecule has 0 radical (unpaired) electrons. The van der Waals surface area contributed by atoms with E-state index < -0.39 is 12.1 Å². The van der Waals surface area contributed by atoms with Crippen LogP contribution in [0.15, 0.2) is 36.7 Å². The fraction of sp³-hybridized carbons (Fsp3) is 0.294. The number of halogens is 1. The highest BCUT2D eigenvalue weighted by Crippen LogP contribution is 2.36. The van der Waals surface area contributed by atoms with Gasteiger partial charge in [0, 0.05) is 18.3 Å². The van der Waals surface area contributed by atoms with Gasteiger partial charge in [-0.2, -0.15) is 0 Å². The molecule has 4 N–H and O–H groups in total. The Morgan fingerprint density at radius 1 is 1.40 bits per heavy atom. The predicted molar refractivity (Wildman–Crippen MR) is 90.8 cm³/mol. The average Bonchev–Trinajstić information content (AvgIpc) is 3.23. The maximum Gasteiger partial charge on any atom is 0.337 e. The zero-order valence-electron chi connectivity index (χ0n) is 13.4. The molecule has 1 aromatic heterocycles. The lowest BCUT2D eigenvalue weighted by atomic mass is 10.1. The Morgan fingerprint density at radius 3 is 3.04 bits per heavy atom. The molecule has 2 aliphatic rings. The largest absolute Gasteiger partial charge is 0.478 e. The van der Waals surface area contributed by atoms with E-state index >= 15 is 0 Å². The standard InChI is InChI=1S/C17H18FN5O2/c18-10-1-2-15-13(7-10)16(22-23(15)11-3-5-19-8-11)21-14-9-20-6-4-12(14)17(24)25/h1-2,4,6-7,9,11,16,19,21-22H,3,5,8H2,(H,24,25)/t11-,16?/m0/s1. The van der Waals surface area contributed by atoms with Gasteiger partial charge in [-0.1, -0.05) is 0 Å². The molecule has 8 heteroatoms. The van der Waals surface area contributed by atoms with Gasteiger partial charge in [-0.05, 0) is 37.2 Å². The van der Waals surface area contributed by atoms with Crippen LogP contribution in [0.25, 0.3) is 0 Å². The number of carboxylic acid groups (broad SMARTS) is 1. The van der Waals surface area contributed by atoms with Crippen LogP contribution in [0.1, 0.15) is 28.5 Å². The Labute approximate surface area is 143 Å². The summed E-state index contributed by atoms with van der Waals surface area (Å²) in [7, 11) is 0. The minimum absolute atomic E-state index is 0.121. The first-order valence-electron chi connectivity index (χ1n) is 8.13. The number of benzene rings is 1. The van der Waals surface area contributed by atoms with E-state index in [1.807, 2.05) is 5.01 Å². The van der Waals surface area contributed by atoms with Crippen molar-refractivity contribution in [2.24, 2.45) is 0 Å². The number of hydrazine groups is 1. The lowest BCUT2D eigenvalue weighted by molar-refractivity contribution is 0.0697. The molecule has 7 nitrogen and oxygen atoms in total. The second-order valence-corrected chi connectivity index (χ2v) is 6.15. The van der Waals surface area contributed by atoms with Crippen molar-refractivity contribution in [2.75, 3.05) is 23.4 Å². The number of hydrogen-bond acceptors (Lipinski definition) is 6. The molecule has 1 saturated heterocycles. The van der Waals surface area contributed by atoms with Crippen molar-refractivity contribution in [3.8, 4) is 0 Å². The van der Waals surface area contributed by atoms with E-state index in [1.165, 1.54) is 30.6 Å². The summed E-state index contributed by atoms with van der Waals surface area (Å²) >= 11 is 0. The van der Waals surface area contributed by atoms with Crippen molar-refractivity contribution < 1.29 is 14.3 Å². The number of rotatable bonds is 4. The summed E-state index contributed by atoms with van der Waals surface area (Å²) in [6.45, 7) is 1.77. The first kappa shape index (κ1) is 15.8. The molecule has 1 unspecified atom stereocenters. The quantitative estimate of drug-likeness (QED) is 0.672. The summed E-state index contributed by atoms with van der Waals surface area (Å²) in [5.41, 5.74) is 5.48. The molecular weight excluding hydrogens is 325 g/mol. The van der Waals surface area contributed by atoms with E-state index in [9.17, 15) is 14.3 Å². The number of aromatic carboxylic acids is 1. The monoisotopic (exact) mass is 343 g/mol. The van der Waals surface area contributed by atoms with E-state index in [0.29, 0.717) is 5.69 Å². The third-order valence-electron chi connectivity index (χ3n) is 4.58. The van der Waals surface area contributed by atoms with E-state index in [0.717, 1.165) is 30.8 Å². The Bertz CT molecular complexity index is 809. The molecule has 2 aliphatic heterocycles. The lowest BCUT2D eigenvalue weighted by Crippen LogP contribution is -2.45. The molecule has 25 heavy (non-hydrogen) atoms. The highest BCUT2D eigenvalue weighted by atomic mass is 19.1. The van der Waals surface area contributed by atoms with E-state index in [1.54, 1.807) is 6.07 Å².